The molecule has 1 atom stereocenters. The molecule has 0 aliphatic rings. The van der Waals surface area contributed by atoms with Gasteiger partial charge in [-0.3, -0.25) is 0 Å². The Morgan fingerprint density at radius 3 is 3.00 bits per heavy atom. The predicted octanol–water partition coefficient (Wildman–Crippen LogP) is 3.30. The maximum absolute atomic E-state index is 5.92. The van der Waals surface area contributed by atoms with Crippen molar-refractivity contribution in [2.45, 2.75) is 25.8 Å². The Balaban J connectivity index is 2.23. The van der Waals surface area contributed by atoms with Crippen LogP contribution in [0.5, 0.6) is 0 Å². The number of halogens is 1. The summed E-state index contributed by atoms with van der Waals surface area (Å²) in [6.07, 6.45) is 1.84. The van der Waals surface area contributed by atoms with Crippen molar-refractivity contribution < 1.29 is 4.52 Å². The Morgan fingerprint density at radius 1 is 1.47 bits per heavy atom. The van der Waals surface area contributed by atoms with Crippen molar-refractivity contribution >= 4 is 15.9 Å². The van der Waals surface area contributed by atoms with Crippen molar-refractivity contribution in [1.82, 2.24) is 10.1 Å². The molecule has 90 valence electrons. The van der Waals surface area contributed by atoms with Crippen LogP contribution < -0.4 is 5.73 Å². The quantitative estimate of drug-likeness (QED) is 0.940. The van der Waals surface area contributed by atoms with Crippen LogP contribution >= 0.6 is 15.9 Å². The fourth-order valence-corrected chi connectivity index (χ4v) is 1.96. The van der Waals surface area contributed by atoms with E-state index in [0.717, 1.165) is 22.9 Å². The lowest BCUT2D eigenvalue weighted by Gasteiger charge is -2.02. The number of hydrogen-bond donors (Lipinski definition) is 1. The molecule has 0 radical (unpaired) electrons. The number of nitrogens with zero attached hydrogens (tertiary/aromatic N) is 2. The number of rotatable bonds is 4. The van der Waals surface area contributed by atoms with Crippen LogP contribution in [-0.4, -0.2) is 10.1 Å². The first-order chi connectivity index (χ1) is 8.20. The summed E-state index contributed by atoms with van der Waals surface area (Å²) in [5.74, 6) is 1.08. The second-order valence-electron chi connectivity index (χ2n) is 3.86. The summed E-state index contributed by atoms with van der Waals surface area (Å²) in [6.45, 7) is 2.07. The van der Waals surface area contributed by atoms with Crippen LogP contribution in [0.1, 0.15) is 31.7 Å². The third kappa shape index (κ3) is 2.92. The molecule has 0 spiro atoms. The van der Waals surface area contributed by atoms with Crippen molar-refractivity contribution in [3.63, 3.8) is 0 Å². The zero-order valence-electron chi connectivity index (χ0n) is 9.56. The van der Waals surface area contributed by atoms with E-state index in [1.54, 1.807) is 0 Å². The SMILES string of the molecule is CCC[C@@H](N)c1nc(-c2cccc(Br)c2)no1. The molecule has 0 unspecified atom stereocenters. The van der Waals surface area contributed by atoms with Gasteiger partial charge in [-0.1, -0.05) is 46.6 Å². The monoisotopic (exact) mass is 295 g/mol. The molecule has 0 saturated heterocycles. The summed E-state index contributed by atoms with van der Waals surface area (Å²) in [4.78, 5) is 4.32. The highest BCUT2D eigenvalue weighted by molar-refractivity contribution is 9.10. The molecule has 0 aliphatic heterocycles. The maximum atomic E-state index is 5.92. The van der Waals surface area contributed by atoms with Gasteiger partial charge in [0.15, 0.2) is 0 Å². The van der Waals surface area contributed by atoms with Crippen molar-refractivity contribution in [1.29, 1.82) is 0 Å². The third-order valence-corrected chi connectivity index (χ3v) is 2.93. The van der Waals surface area contributed by atoms with Gasteiger partial charge in [-0.05, 0) is 18.6 Å². The minimum absolute atomic E-state index is 0.173. The summed E-state index contributed by atoms with van der Waals surface area (Å²) in [7, 11) is 0. The fourth-order valence-electron chi connectivity index (χ4n) is 1.57. The molecular formula is C12H14BrN3O. The molecule has 0 fully saturated rings. The highest BCUT2D eigenvalue weighted by Gasteiger charge is 2.14. The topological polar surface area (TPSA) is 64.9 Å². The van der Waals surface area contributed by atoms with Crippen LogP contribution in [0.4, 0.5) is 0 Å². The van der Waals surface area contributed by atoms with Gasteiger partial charge in [-0.15, -0.1) is 0 Å². The first-order valence-corrected chi connectivity index (χ1v) is 6.35. The first-order valence-electron chi connectivity index (χ1n) is 5.56. The van der Waals surface area contributed by atoms with Gasteiger partial charge in [0.2, 0.25) is 11.7 Å². The van der Waals surface area contributed by atoms with Gasteiger partial charge in [0.25, 0.3) is 0 Å². The average molecular weight is 296 g/mol. The minimum Gasteiger partial charge on any atom is -0.337 e. The van der Waals surface area contributed by atoms with E-state index in [9.17, 15) is 0 Å². The van der Waals surface area contributed by atoms with E-state index in [-0.39, 0.29) is 6.04 Å². The van der Waals surface area contributed by atoms with E-state index in [1.165, 1.54) is 0 Å². The van der Waals surface area contributed by atoms with E-state index in [0.29, 0.717) is 11.7 Å². The van der Waals surface area contributed by atoms with Crippen LogP contribution in [0.25, 0.3) is 11.4 Å². The molecule has 1 aromatic carbocycles. The standard InChI is InChI=1S/C12H14BrN3O/c1-2-4-10(14)12-15-11(16-17-12)8-5-3-6-9(13)7-8/h3,5-7,10H,2,4,14H2,1H3/t10-/m1/s1. The van der Waals surface area contributed by atoms with Crippen molar-refractivity contribution in [2.75, 3.05) is 0 Å². The van der Waals surface area contributed by atoms with Gasteiger partial charge in [0.1, 0.15) is 0 Å². The molecular weight excluding hydrogens is 282 g/mol. The Labute approximate surface area is 108 Å². The molecule has 17 heavy (non-hydrogen) atoms. The highest BCUT2D eigenvalue weighted by Crippen LogP contribution is 2.22. The highest BCUT2D eigenvalue weighted by atomic mass is 79.9. The minimum atomic E-state index is -0.173. The fraction of sp³-hybridized carbons (Fsp3) is 0.333. The number of nitrogens with two attached hydrogens (primary N) is 1. The second kappa shape index (κ2) is 5.42. The van der Waals surface area contributed by atoms with Crippen LogP contribution in [0, 0.1) is 0 Å². The predicted molar refractivity (Wildman–Crippen MR) is 69.3 cm³/mol. The summed E-state index contributed by atoms with van der Waals surface area (Å²) >= 11 is 3.41. The second-order valence-corrected chi connectivity index (χ2v) is 4.78. The molecule has 1 heterocycles. The number of aromatic nitrogens is 2. The van der Waals surface area contributed by atoms with Crippen LogP contribution in [-0.2, 0) is 0 Å². The number of hydrogen-bond acceptors (Lipinski definition) is 4. The largest absolute Gasteiger partial charge is 0.337 e. The van der Waals surface area contributed by atoms with E-state index < -0.39 is 0 Å². The Morgan fingerprint density at radius 2 is 2.29 bits per heavy atom. The maximum Gasteiger partial charge on any atom is 0.243 e. The molecule has 1 aromatic heterocycles. The summed E-state index contributed by atoms with van der Waals surface area (Å²) < 4.78 is 6.16. The van der Waals surface area contributed by atoms with Crippen molar-refractivity contribution in [2.24, 2.45) is 5.73 Å². The molecule has 2 aromatic rings. The van der Waals surface area contributed by atoms with E-state index in [1.807, 2.05) is 24.3 Å². The molecule has 4 nitrogen and oxygen atoms in total. The number of benzene rings is 1. The Hall–Kier alpha value is -1.20. The van der Waals surface area contributed by atoms with Gasteiger partial charge in [0, 0.05) is 10.0 Å². The van der Waals surface area contributed by atoms with Crippen LogP contribution in [0.3, 0.4) is 0 Å². The van der Waals surface area contributed by atoms with Gasteiger partial charge in [-0.25, -0.2) is 0 Å². The van der Waals surface area contributed by atoms with Gasteiger partial charge >= 0.3 is 0 Å². The normalized spacial score (nSPS) is 12.6. The molecule has 0 saturated carbocycles. The lowest BCUT2D eigenvalue weighted by atomic mass is 10.2. The van der Waals surface area contributed by atoms with Crippen molar-refractivity contribution in [3.05, 3.63) is 34.6 Å². The first kappa shape index (κ1) is 12.3. The zero-order chi connectivity index (χ0) is 12.3. The van der Waals surface area contributed by atoms with Crippen molar-refractivity contribution in [3.8, 4) is 11.4 Å². The van der Waals surface area contributed by atoms with E-state index >= 15 is 0 Å². The molecule has 2 rings (SSSR count). The molecule has 0 amide bonds. The van der Waals surface area contributed by atoms with Gasteiger partial charge in [-0.2, -0.15) is 4.98 Å². The lowest BCUT2D eigenvalue weighted by Crippen LogP contribution is -2.09. The molecule has 2 N–H and O–H groups in total. The lowest BCUT2D eigenvalue weighted by molar-refractivity contribution is 0.348. The van der Waals surface area contributed by atoms with Crippen LogP contribution in [0.15, 0.2) is 33.3 Å². The van der Waals surface area contributed by atoms with Gasteiger partial charge in [0.05, 0.1) is 6.04 Å². The zero-order valence-corrected chi connectivity index (χ0v) is 11.1. The van der Waals surface area contributed by atoms with Crippen LogP contribution in [0.2, 0.25) is 0 Å². The summed E-state index contributed by atoms with van der Waals surface area (Å²) in [5, 5.41) is 3.94. The van der Waals surface area contributed by atoms with Gasteiger partial charge < -0.3 is 10.3 Å². The Kier molecular flexibility index (Phi) is 3.91. The molecule has 5 heteroatoms. The third-order valence-electron chi connectivity index (χ3n) is 2.44. The average Bonchev–Trinajstić information content (AvgIpc) is 2.78. The summed E-state index contributed by atoms with van der Waals surface area (Å²) in [5.41, 5.74) is 6.84. The molecule has 0 aliphatic carbocycles. The molecule has 0 bridgehead atoms. The Bertz CT molecular complexity index is 498. The van der Waals surface area contributed by atoms with E-state index in [2.05, 4.69) is 33.0 Å². The smallest absolute Gasteiger partial charge is 0.243 e. The van der Waals surface area contributed by atoms with E-state index in [4.69, 9.17) is 10.3 Å². The summed E-state index contributed by atoms with van der Waals surface area (Å²) in [6, 6.07) is 7.59.